The van der Waals surface area contributed by atoms with Crippen molar-refractivity contribution in [1.29, 1.82) is 0 Å². The number of aryl methyl sites for hydroxylation is 1. The Bertz CT molecular complexity index is 316. The van der Waals surface area contributed by atoms with E-state index in [4.69, 9.17) is 5.11 Å². The van der Waals surface area contributed by atoms with Gasteiger partial charge in [-0.1, -0.05) is 0 Å². The standard InChI is InChI=1S/C10H15N3O/c1-8-10(12-4-3-11-8)13-5-2-9(6-13)7-14/h3-4,9,14H,2,5-7H2,1H3. The Morgan fingerprint density at radius 2 is 2.29 bits per heavy atom. The topological polar surface area (TPSA) is 49.2 Å². The number of anilines is 1. The van der Waals surface area contributed by atoms with Crippen molar-refractivity contribution in [3.05, 3.63) is 18.1 Å². The van der Waals surface area contributed by atoms with Crippen LogP contribution in [0.25, 0.3) is 0 Å². The normalized spacial score (nSPS) is 21.6. The van der Waals surface area contributed by atoms with Gasteiger partial charge < -0.3 is 10.0 Å². The highest BCUT2D eigenvalue weighted by Gasteiger charge is 2.23. The van der Waals surface area contributed by atoms with Crippen LogP contribution in [-0.2, 0) is 0 Å². The third-order valence-corrected chi connectivity index (χ3v) is 2.70. The highest BCUT2D eigenvalue weighted by Crippen LogP contribution is 2.22. The summed E-state index contributed by atoms with van der Waals surface area (Å²) in [4.78, 5) is 10.7. The fourth-order valence-corrected chi connectivity index (χ4v) is 1.88. The van der Waals surface area contributed by atoms with Crippen LogP contribution in [0.5, 0.6) is 0 Å². The zero-order chi connectivity index (χ0) is 9.97. The Kier molecular flexibility index (Phi) is 2.63. The summed E-state index contributed by atoms with van der Waals surface area (Å²) >= 11 is 0. The molecule has 0 radical (unpaired) electrons. The maximum absolute atomic E-state index is 9.04. The first-order chi connectivity index (χ1) is 6.81. The van der Waals surface area contributed by atoms with Crippen molar-refractivity contribution in [3.8, 4) is 0 Å². The first-order valence-corrected chi connectivity index (χ1v) is 4.94. The number of hydrogen-bond acceptors (Lipinski definition) is 4. The molecule has 4 heteroatoms. The molecule has 1 aliphatic rings. The van der Waals surface area contributed by atoms with E-state index in [1.54, 1.807) is 12.4 Å². The van der Waals surface area contributed by atoms with Crippen LogP contribution in [0.2, 0.25) is 0 Å². The van der Waals surface area contributed by atoms with E-state index in [0.29, 0.717) is 5.92 Å². The maximum Gasteiger partial charge on any atom is 0.150 e. The van der Waals surface area contributed by atoms with Crippen LogP contribution < -0.4 is 4.90 Å². The van der Waals surface area contributed by atoms with Gasteiger partial charge in [-0.05, 0) is 13.3 Å². The fourth-order valence-electron chi connectivity index (χ4n) is 1.88. The summed E-state index contributed by atoms with van der Waals surface area (Å²) in [6.07, 6.45) is 4.47. The van der Waals surface area contributed by atoms with E-state index in [1.807, 2.05) is 6.92 Å². The van der Waals surface area contributed by atoms with Crippen molar-refractivity contribution in [2.75, 3.05) is 24.6 Å². The van der Waals surface area contributed by atoms with Gasteiger partial charge in [0.05, 0.1) is 5.69 Å². The molecule has 1 saturated heterocycles. The molecule has 2 heterocycles. The van der Waals surface area contributed by atoms with Gasteiger partial charge in [-0.2, -0.15) is 0 Å². The van der Waals surface area contributed by atoms with Crippen LogP contribution in [0.3, 0.4) is 0 Å². The molecule has 1 aliphatic heterocycles. The van der Waals surface area contributed by atoms with Crippen molar-refractivity contribution in [2.24, 2.45) is 5.92 Å². The van der Waals surface area contributed by atoms with Crippen LogP contribution in [0.1, 0.15) is 12.1 Å². The highest BCUT2D eigenvalue weighted by atomic mass is 16.3. The molecule has 1 aromatic heterocycles. The van der Waals surface area contributed by atoms with Gasteiger partial charge in [-0.25, -0.2) is 4.98 Å². The second kappa shape index (κ2) is 3.92. The second-order valence-electron chi connectivity index (χ2n) is 3.75. The lowest BCUT2D eigenvalue weighted by atomic mass is 10.1. The molecule has 0 saturated carbocycles. The number of hydrogen-bond donors (Lipinski definition) is 1. The zero-order valence-corrected chi connectivity index (χ0v) is 8.35. The molecule has 2 rings (SSSR count). The van der Waals surface area contributed by atoms with Crippen LogP contribution >= 0.6 is 0 Å². The number of aliphatic hydroxyl groups excluding tert-OH is 1. The van der Waals surface area contributed by atoms with E-state index >= 15 is 0 Å². The van der Waals surface area contributed by atoms with E-state index in [0.717, 1.165) is 31.0 Å². The Balaban J connectivity index is 2.13. The van der Waals surface area contributed by atoms with Crippen LogP contribution in [-0.4, -0.2) is 34.8 Å². The minimum absolute atomic E-state index is 0.274. The van der Waals surface area contributed by atoms with Crippen molar-refractivity contribution >= 4 is 5.82 Å². The summed E-state index contributed by atoms with van der Waals surface area (Å²) < 4.78 is 0. The van der Waals surface area contributed by atoms with Gasteiger partial charge in [0.1, 0.15) is 5.82 Å². The molecule has 1 aromatic rings. The van der Waals surface area contributed by atoms with Gasteiger partial charge >= 0.3 is 0 Å². The van der Waals surface area contributed by atoms with Gasteiger partial charge in [0, 0.05) is 38.0 Å². The number of nitrogens with zero attached hydrogens (tertiary/aromatic N) is 3. The van der Waals surface area contributed by atoms with Crippen LogP contribution in [0, 0.1) is 12.8 Å². The molecule has 1 fully saturated rings. The Hall–Kier alpha value is -1.16. The molecule has 0 amide bonds. The van der Waals surface area contributed by atoms with Crippen molar-refractivity contribution in [2.45, 2.75) is 13.3 Å². The molecule has 14 heavy (non-hydrogen) atoms. The lowest BCUT2D eigenvalue weighted by Gasteiger charge is -2.18. The van der Waals surface area contributed by atoms with Gasteiger partial charge in [0.2, 0.25) is 0 Å². The molecule has 76 valence electrons. The lowest BCUT2D eigenvalue weighted by molar-refractivity contribution is 0.238. The van der Waals surface area contributed by atoms with Gasteiger partial charge in [-0.3, -0.25) is 4.98 Å². The first-order valence-electron chi connectivity index (χ1n) is 4.94. The van der Waals surface area contributed by atoms with Crippen molar-refractivity contribution in [3.63, 3.8) is 0 Å². The van der Waals surface area contributed by atoms with E-state index in [2.05, 4.69) is 14.9 Å². The van der Waals surface area contributed by atoms with Gasteiger partial charge in [-0.15, -0.1) is 0 Å². The number of aromatic nitrogens is 2. The summed E-state index contributed by atoms with van der Waals surface area (Å²) in [5.74, 6) is 1.36. The Morgan fingerprint density at radius 3 is 2.93 bits per heavy atom. The highest BCUT2D eigenvalue weighted by molar-refractivity contribution is 5.43. The number of rotatable bonds is 2. The molecule has 0 aliphatic carbocycles. The molecule has 4 nitrogen and oxygen atoms in total. The first kappa shape index (κ1) is 9.40. The molecule has 1 N–H and O–H groups in total. The van der Waals surface area contributed by atoms with Gasteiger partial charge in [0.15, 0.2) is 0 Å². The second-order valence-corrected chi connectivity index (χ2v) is 3.75. The predicted molar refractivity (Wildman–Crippen MR) is 54.2 cm³/mol. The van der Waals surface area contributed by atoms with Crippen LogP contribution in [0.15, 0.2) is 12.4 Å². The smallest absolute Gasteiger partial charge is 0.150 e. The zero-order valence-electron chi connectivity index (χ0n) is 8.35. The van der Waals surface area contributed by atoms with Crippen molar-refractivity contribution in [1.82, 2.24) is 9.97 Å². The Morgan fingerprint density at radius 1 is 1.50 bits per heavy atom. The van der Waals surface area contributed by atoms with E-state index in [9.17, 15) is 0 Å². The summed E-state index contributed by atoms with van der Waals surface area (Å²) in [5.41, 5.74) is 0.964. The molecule has 1 unspecified atom stereocenters. The molecular weight excluding hydrogens is 178 g/mol. The molecule has 0 spiro atoms. The van der Waals surface area contributed by atoms with Gasteiger partial charge in [0.25, 0.3) is 0 Å². The van der Waals surface area contributed by atoms with E-state index in [-0.39, 0.29) is 6.61 Å². The lowest BCUT2D eigenvalue weighted by Crippen LogP contribution is -2.22. The average Bonchev–Trinajstić information content (AvgIpc) is 2.67. The van der Waals surface area contributed by atoms with Crippen LogP contribution in [0.4, 0.5) is 5.82 Å². The third kappa shape index (κ3) is 1.70. The minimum atomic E-state index is 0.274. The Labute approximate surface area is 83.6 Å². The van der Waals surface area contributed by atoms with E-state index in [1.165, 1.54) is 0 Å². The largest absolute Gasteiger partial charge is 0.396 e. The third-order valence-electron chi connectivity index (χ3n) is 2.70. The minimum Gasteiger partial charge on any atom is -0.396 e. The molecular formula is C10H15N3O. The average molecular weight is 193 g/mol. The molecule has 1 atom stereocenters. The van der Waals surface area contributed by atoms with E-state index < -0.39 is 0 Å². The monoisotopic (exact) mass is 193 g/mol. The number of aliphatic hydroxyl groups is 1. The fraction of sp³-hybridized carbons (Fsp3) is 0.600. The summed E-state index contributed by atoms with van der Waals surface area (Å²) in [7, 11) is 0. The molecule has 0 aromatic carbocycles. The summed E-state index contributed by atoms with van der Waals surface area (Å²) in [5, 5.41) is 9.04. The quantitative estimate of drug-likeness (QED) is 0.747. The molecule has 0 bridgehead atoms. The predicted octanol–water partition coefficient (Wildman–Crippen LogP) is 0.604. The maximum atomic E-state index is 9.04. The SMILES string of the molecule is Cc1nccnc1N1CCC(CO)C1. The summed E-state index contributed by atoms with van der Waals surface area (Å²) in [6, 6.07) is 0. The summed E-state index contributed by atoms with van der Waals surface area (Å²) in [6.45, 7) is 4.12. The van der Waals surface area contributed by atoms with Crippen molar-refractivity contribution < 1.29 is 5.11 Å².